The van der Waals surface area contributed by atoms with Crippen molar-refractivity contribution in [3.8, 4) is 0 Å². The highest BCUT2D eigenvalue weighted by Gasteiger charge is 2.23. The van der Waals surface area contributed by atoms with E-state index in [-0.39, 0.29) is 23.5 Å². The van der Waals surface area contributed by atoms with Crippen LogP contribution in [0.15, 0.2) is 23.1 Å². The van der Waals surface area contributed by atoms with Gasteiger partial charge in [0.1, 0.15) is 5.82 Å². The third-order valence-electron chi connectivity index (χ3n) is 2.92. The molecule has 114 valence electrons. The minimum absolute atomic E-state index is 0.0414. The second-order valence-corrected chi connectivity index (χ2v) is 6.09. The number of likely N-dealkylation sites (N-methyl/N-ethyl adjacent to an activating group) is 1. The summed E-state index contributed by atoms with van der Waals surface area (Å²) < 4.78 is 44.7. The lowest BCUT2D eigenvalue weighted by molar-refractivity contribution is 0.135. The molecule has 20 heavy (non-hydrogen) atoms. The zero-order valence-corrected chi connectivity index (χ0v) is 12.6. The van der Waals surface area contributed by atoms with Crippen molar-refractivity contribution in [1.29, 1.82) is 0 Å². The Morgan fingerprint density at radius 1 is 1.35 bits per heavy atom. The summed E-state index contributed by atoms with van der Waals surface area (Å²) in [4.78, 5) is 0.0534. The molecule has 1 rings (SSSR count). The fourth-order valence-corrected chi connectivity index (χ4v) is 3.26. The molecule has 0 aromatic heterocycles. The fourth-order valence-electron chi connectivity index (χ4n) is 1.78. The van der Waals surface area contributed by atoms with E-state index in [4.69, 9.17) is 10.5 Å². The first-order valence-electron chi connectivity index (χ1n) is 6.53. The molecule has 0 fully saturated rings. The van der Waals surface area contributed by atoms with Crippen LogP contribution in [0, 0.1) is 5.82 Å². The Morgan fingerprint density at radius 2 is 2.05 bits per heavy atom. The molecule has 5 nitrogen and oxygen atoms in total. The Bertz CT molecular complexity index is 534. The van der Waals surface area contributed by atoms with E-state index in [1.807, 2.05) is 6.92 Å². The average Bonchev–Trinajstić information content (AvgIpc) is 2.43. The van der Waals surface area contributed by atoms with E-state index >= 15 is 0 Å². The molecule has 0 unspecified atom stereocenters. The predicted octanol–water partition coefficient (Wildman–Crippen LogP) is 1.33. The molecule has 0 aliphatic rings. The van der Waals surface area contributed by atoms with E-state index in [9.17, 15) is 12.8 Å². The Morgan fingerprint density at radius 3 is 2.60 bits per heavy atom. The lowest BCUT2D eigenvalue weighted by atomic mass is 10.2. The second-order valence-electron chi connectivity index (χ2n) is 4.15. The van der Waals surface area contributed by atoms with Crippen molar-refractivity contribution in [2.45, 2.75) is 25.3 Å². The lowest BCUT2D eigenvalue weighted by Crippen LogP contribution is -2.34. The first-order chi connectivity index (χ1) is 9.47. The highest BCUT2D eigenvalue weighted by molar-refractivity contribution is 7.89. The van der Waals surface area contributed by atoms with Crippen molar-refractivity contribution < 1.29 is 17.5 Å². The summed E-state index contributed by atoms with van der Waals surface area (Å²) in [6.07, 6.45) is 0. The lowest BCUT2D eigenvalue weighted by Gasteiger charge is -2.20. The predicted molar refractivity (Wildman–Crippen MR) is 75.2 cm³/mol. The molecule has 0 saturated carbocycles. The summed E-state index contributed by atoms with van der Waals surface area (Å²) >= 11 is 0. The molecule has 0 aliphatic heterocycles. The van der Waals surface area contributed by atoms with Gasteiger partial charge in [-0.3, -0.25) is 0 Å². The van der Waals surface area contributed by atoms with Gasteiger partial charge in [-0.05, 0) is 25.1 Å². The molecule has 0 spiro atoms. The molecule has 0 bridgehead atoms. The highest BCUT2D eigenvalue weighted by atomic mass is 32.2. The molecule has 0 atom stereocenters. The zero-order valence-electron chi connectivity index (χ0n) is 11.8. The molecule has 7 heteroatoms. The number of sulfonamides is 1. The Labute approximate surface area is 119 Å². The van der Waals surface area contributed by atoms with E-state index in [1.54, 1.807) is 6.92 Å². The number of benzene rings is 1. The van der Waals surface area contributed by atoms with Crippen LogP contribution in [0.2, 0.25) is 0 Å². The quantitative estimate of drug-likeness (QED) is 0.735. The minimum atomic E-state index is -3.65. The van der Waals surface area contributed by atoms with Gasteiger partial charge in [0.15, 0.2) is 0 Å². The normalized spacial score (nSPS) is 12.1. The number of ether oxygens (including phenoxy) is 1. The summed E-state index contributed by atoms with van der Waals surface area (Å²) in [7, 11) is -3.65. The number of hydrogen-bond acceptors (Lipinski definition) is 4. The van der Waals surface area contributed by atoms with Crippen LogP contribution in [0.4, 0.5) is 4.39 Å². The van der Waals surface area contributed by atoms with Gasteiger partial charge in [0, 0.05) is 31.8 Å². The maximum atomic E-state index is 13.4. The fraction of sp³-hybridized carbons (Fsp3) is 0.538. The second kappa shape index (κ2) is 7.68. The molecule has 2 N–H and O–H groups in total. The van der Waals surface area contributed by atoms with Crippen LogP contribution in [-0.4, -0.2) is 39.0 Å². The van der Waals surface area contributed by atoms with Crippen molar-refractivity contribution in [3.05, 3.63) is 29.6 Å². The van der Waals surface area contributed by atoms with Gasteiger partial charge in [-0.1, -0.05) is 6.92 Å². The maximum Gasteiger partial charge on any atom is 0.243 e. The third kappa shape index (κ3) is 3.99. The highest BCUT2D eigenvalue weighted by Crippen LogP contribution is 2.19. The van der Waals surface area contributed by atoms with E-state index in [0.717, 1.165) is 6.07 Å². The van der Waals surface area contributed by atoms with Crippen molar-refractivity contribution >= 4 is 10.0 Å². The first-order valence-corrected chi connectivity index (χ1v) is 7.97. The van der Waals surface area contributed by atoms with Crippen LogP contribution >= 0.6 is 0 Å². The van der Waals surface area contributed by atoms with Gasteiger partial charge in [-0.25, -0.2) is 12.8 Å². The monoisotopic (exact) mass is 304 g/mol. The van der Waals surface area contributed by atoms with E-state index in [2.05, 4.69) is 0 Å². The van der Waals surface area contributed by atoms with E-state index < -0.39 is 15.8 Å². The molecule has 1 aromatic rings. The smallest absolute Gasteiger partial charge is 0.243 e. The van der Waals surface area contributed by atoms with Crippen molar-refractivity contribution in [1.82, 2.24) is 4.31 Å². The molecule has 0 aliphatic carbocycles. The summed E-state index contributed by atoms with van der Waals surface area (Å²) in [5.74, 6) is -0.496. The Hall–Kier alpha value is -1.02. The number of halogens is 1. The van der Waals surface area contributed by atoms with Crippen LogP contribution in [0.25, 0.3) is 0 Å². The largest absolute Gasteiger partial charge is 0.380 e. The van der Waals surface area contributed by atoms with Gasteiger partial charge >= 0.3 is 0 Å². The van der Waals surface area contributed by atoms with Gasteiger partial charge in [0.25, 0.3) is 0 Å². The van der Waals surface area contributed by atoms with Crippen molar-refractivity contribution in [2.75, 3.05) is 26.3 Å². The van der Waals surface area contributed by atoms with Gasteiger partial charge in [0.2, 0.25) is 10.0 Å². The van der Waals surface area contributed by atoms with Crippen LogP contribution in [-0.2, 0) is 21.3 Å². The summed E-state index contributed by atoms with van der Waals surface area (Å²) in [5, 5.41) is 0. The van der Waals surface area contributed by atoms with E-state index in [0.29, 0.717) is 19.8 Å². The van der Waals surface area contributed by atoms with Crippen LogP contribution in [0.1, 0.15) is 19.4 Å². The Balaban J connectivity index is 3.01. The van der Waals surface area contributed by atoms with Crippen LogP contribution < -0.4 is 5.73 Å². The molecular weight excluding hydrogens is 283 g/mol. The van der Waals surface area contributed by atoms with E-state index in [1.165, 1.54) is 16.4 Å². The number of hydrogen-bond donors (Lipinski definition) is 1. The van der Waals surface area contributed by atoms with Gasteiger partial charge < -0.3 is 10.5 Å². The SMILES string of the molecule is CCOCCN(CC)S(=O)(=O)c1ccc(F)c(CN)c1. The summed E-state index contributed by atoms with van der Waals surface area (Å²) in [6.45, 7) is 5.00. The number of nitrogens with zero attached hydrogens (tertiary/aromatic N) is 1. The third-order valence-corrected chi connectivity index (χ3v) is 4.89. The zero-order chi connectivity index (χ0) is 15.2. The molecule has 0 saturated heterocycles. The molecule has 0 heterocycles. The molecule has 1 aromatic carbocycles. The van der Waals surface area contributed by atoms with Gasteiger partial charge in [-0.15, -0.1) is 0 Å². The van der Waals surface area contributed by atoms with Gasteiger partial charge in [0.05, 0.1) is 11.5 Å². The summed E-state index contributed by atoms with van der Waals surface area (Å²) in [6, 6.07) is 3.67. The van der Waals surface area contributed by atoms with Crippen molar-refractivity contribution in [2.24, 2.45) is 5.73 Å². The maximum absolute atomic E-state index is 13.4. The molecular formula is C13H21FN2O3S. The number of nitrogens with two attached hydrogens (primary N) is 1. The molecule has 0 amide bonds. The standard InChI is InChI=1S/C13H21FN2O3S/c1-3-16(7-8-19-4-2)20(17,18)12-5-6-13(14)11(9-12)10-15/h5-6,9H,3-4,7-8,10,15H2,1-2H3. The minimum Gasteiger partial charge on any atom is -0.380 e. The van der Waals surface area contributed by atoms with Crippen LogP contribution in [0.3, 0.4) is 0 Å². The van der Waals surface area contributed by atoms with Crippen molar-refractivity contribution in [3.63, 3.8) is 0 Å². The summed E-state index contributed by atoms with van der Waals surface area (Å²) in [5.41, 5.74) is 5.59. The van der Waals surface area contributed by atoms with Crippen LogP contribution in [0.5, 0.6) is 0 Å². The first kappa shape index (κ1) is 17.0. The Kier molecular flexibility index (Phi) is 6.54. The average molecular weight is 304 g/mol. The molecule has 0 radical (unpaired) electrons. The van der Waals surface area contributed by atoms with Gasteiger partial charge in [-0.2, -0.15) is 4.31 Å². The topological polar surface area (TPSA) is 72.6 Å². The number of rotatable bonds is 8.